The van der Waals surface area contributed by atoms with E-state index in [9.17, 15) is 5.11 Å². The van der Waals surface area contributed by atoms with E-state index in [2.05, 4.69) is 15.5 Å². The molecule has 2 N–H and O–H groups in total. The van der Waals surface area contributed by atoms with Crippen molar-refractivity contribution in [2.45, 2.75) is 43.3 Å². The van der Waals surface area contributed by atoms with Crippen LogP contribution in [0.1, 0.15) is 43.8 Å². The number of methoxy groups -OCH3 is 1. The van der Waals surface area contributed by atoms with Crippen LogP contribution in [0, 0.1) is 0 Å². The van der Waals surface area contributed by atoms with Gasteiger partial charge in [-0.1, -0.05) is 5.16 Å². The predicted octanol–water partition coefficient (Wildman–Crippen LogP) is 0.666. The van der Waals surface area contributed by atoms with E-state index in [0.29, 0.717) is 24.7 Å². The number of hydrogen-bond donors (Lipinski definition) is 2. The molecule has 2 aliphatic rings. The first kappa shape index (κ1) is 12.1. The molecule has 0 bridgehead atoms. The monoisotopic (exact) mass is 253 g/mol. The maximum atomic E-state index is 10.5. The molecule has 3 rings (SSSR count). The molecule has 1 atom stereocenters. The van der Waals surface area contributed by atoms with Crippen LogP contribution in [0.3, 0.4) is 0 Å². The molecule has 1 aliphatic heterocycles. The van der Waals surface area contributed by atoms with Crippen molar-refractivity contribution in [3.05, 3.63) is 11.7 Å². The van der Waals surface area contributed by atoms with Crippen LogP contribution in [0.5, 0.6) is 0 Å². The standard InChI is InChI=1S/C12H19N3O3/c1-17-12(5-2-6-12)9-14-10(18-15-9)11(16)4-3-7-13-8-11/h13,16H,2-8H2,1H3. The molecule has 2 heterocycles. The molecule has 1 aromatic rings. The number of ether oxygens (including phenoxy) is 1. The van der Waals surface area contributed by atoms with Crippen LogP contribution in [-0.2, 0) is 15.9 Å². The first-order chi connectivity index (χ1) is 8.69. The van der Waals surface area contributed by atoms with E-state index in [1.807, 2.05) is 0 Å². The highest BCUT2D eigenvalue weighted by Crippen LogP contribution is 2.43. The predicted molar refractivity (Wildman–Crippen MR) is 62.8 cm³/mol. The van der Waals surface area contributed by atoms with Crippen molar-refractivity contribution in [2.75, 3.05) is 20.2 Å². The van der Waals surface area contributed by atoms with Crippen molar-refractivity contribution in [2.24, 2.45) is 0 Å². The Labute approximate surface area is 106 Å². The third kappa shape index (κ3) is 1.75. The number of aromatic nitrogens is 2. The van der Waals surface area contributed by atoms with E-state index in [1.54, 1.807) is 7.11 Å². The van der Waals surface area contributed by atoms with Gasteiger partial charge in [0.1, 0.15) is 5.60 Å². The minimum atomic E-state index is -1.03. The summed E-state index contributed by atoms with van der Waals surface area (Å²) in [6.45, 7) is 1.39. The number of β-amino-alcohol motifs (C(OH)–C–C–N with tert-alkyl or cyclic N) is 1. The van der Waals surface area contributed by atoms with Gasteiger partial charge in [0.2, 0.25) is 5.82 Å². The van der Waals surface area contributed by atoms with Crippen molar-refractivity contribution in [1.29, 1.82) is 0 Å². The summed E-state index contributed by atoms with van der Waals surface area (Å²) in [5.74, 6) is 0.887. The summed E-state index contributed by atoms with van der Waals surface area (Å²) in [6.07, 6.45) is 4.51. The van der Waals surface area contributed by atoms with Crippen molar-refractivity contribution >= 4 is 0 Å². The largest absolute Gasteiger partial charge is 0.379 e. The van der Waals surface area contributed by atoms with Crippen LogP contribution in [0.15, 0.2) is 4.52 Å². The van der Waals surface area contributed by atoms with Crippen LogP contribution in [0.25, 0.3) is 0 Å². The van der Waals surface area contributed by atoms with Crippen LogP contribution in [-0.4, -0.2) is 35.4 Å². The molecule has 1 aliphatic carbocycles. The molecule has 1 saturated carbocycles. The highest BCUT2D eigenvalue weighted by molar-refractivity contribution is 5.10. The molecule has 100 valence electrons. The Morgan fingerprint density at radius 2 is 2.17 bits per heavy atom. The fraction of sp³-hybridized carbons (Fsp3) is 0.833. The molecule has 6 nitrogen and oxygen atoms in total. The van der Waals surface area contributed by atoms with Crippen molar-refractivity contribution in [1.82, 2.24) is 15.5 Å². The molecule has 0 spiro atoms. The third-order valence-corrected chi connectivity index (χ3v) is 4.14. The summed E-state index contributed by atoms with van der Waals surface area (Å²) >= 11 is 0. The van der Waals surface area contributed by atoms with Crippen molar-refractivity contribution < 1.29 is 14.4 Å². The number of hydrogen-bond acceptors (Lipinski definition) is 6. The zero-order valence-electron chi connectivity index (χ0n) is 10.6. The Kier molecular flexibility index (Phi) is 2.88. The van der Waals surface area contributed by atoms with E-state index in [4.69, 9.17) is 9.26 Å². The van der Waals surface area contributed by atoms with Gasteiger partial charge in [-0.25, -0.2) is 0 Å². The van der Waals surface area contributed by atoms with Crippen LogP contribution >= 0.6 is 0 Å². The minimum Gasteiger partial charge on any atom is -0.379 e. The quantitative estimate of drug-likeness (QED) is 0.824. The van der Waals surface area contributed by atoms with E-state index in [1.165, 1.54) is 0 Å². The maximum absolute atomic E-state index is 10.5. The second-order valence-corrected chi connectivity index (χ2v) is 5.29. The first-order valence-electron chi connectivity index (χ1n) is 6.51. The molecule has 18 heavy (non-hydrogen) atoms. The van der Waals surface area contributed by atoms with Gasteiger partial charge in [-0.2, -0.15) is 4.98 Å². The molecule has 2 fully saturated rings. The lowest BCUT2D eigenvalue weighted by atomic mass is 9.79. The number of piperidine rings is 1. The normalized spacial score (nSPS) is 31.0. The van der Waals surface area contributed by atoms with Gasteiger partial charge < -0.3 is 19.7 Å². The Hall–Kier alpha value is -0.980. The minimum absolute atomic E-state index is 0.313. The van der Waals surface area contributed by atoms with Gasteiger partial charge in [-0.05, 0) is 38.6 Å². The van der Waals surface area contributed by atoms with Gasteiger partial charge in [0.05, 0.1) is 0 Å². The highest BCUT2D eigenvalue weighted by Gasteiger charge is 2.45. The molecule has 1 saturated heterocycles. The number of nitrogens with zero attached hydrogens (tertiary/aromatic N) is 2. The average Bonchev–Trinajstić information content (AvgIpc) is 2.80. The zero-order chi connectivity index (χ0) is 12.6. The van der Waals surface area contributed by atoms with E-state index in [-0.39, 0.29) is 5.60 Å². The van der Waals surface area contributed by atoms with Crippen LogP contribution < -0.4 is 5.32 Å². The third-order valence-electron chi connectivity index (χ3n) is 4.14. The second kappa shape index (κ2) is 4.29. The van der Waals surface area contributed by atoms with E-state index in [0.717, 1.165) is 32.2 Å². The summed E-state index contributed by atoms with van der Waals surface area (Å²) in [4.78, 5) is 4.38. The molecule has 0 aromatic carbocycles. The molecule has 1 unspecified atom stereocenters. The molecule has 0 radical (unpaired) electrons. The van der Waals surface area contributed by atoms with Crippen LogP contribution in [0.2, 0.25) is 0 Å². The number of rotatable bonds is 3. The van der Waals surface area contributed by atoms with Crippen molar-refractivity contribution in [3.8, 4) is 0 Å². The topological polar surface area (TPSA) is 80.4 Å². The lowest BCUT2D eigenvalue weighted by molar-refractivity contribution is -0.0858. The number of nitrogens with one attached hydrogen (secondary N) is 1. The SMILES string of the molecule is COC1(c2noc(C3(O)CCCNC3)n2)CCC1. The molecule has 0 amide bonds. The molecular formula is C12H19N3O3. The van der Waals surface area contributed by atoms with Gasteiger partial charge in [-0.3, -0.25) is 0 Å². The van der Waals surface area contributed by atoms with Crippen molar-refractivity contribution in [3.63, 3.8) is 0 Å². The highest BCUT2D eigenvalue weighted by atomic mass is 16.5. The van der Waals surface area contributed by atoms with Gasteiger partial charge in [-0.15, -0.1) is 0 Å². The lowest BCUT2D eigenvalue weighted by Crippen LogP contribution is -2.43. The first-order valence-corrected chi connectivity index (χ1v) is 6.51. The Bertz CT molecular complexity index is 416. The zero-order valence-corrected chi connectivity index (χ0v) is 10.6. The average molecular weight is 253 g/mol. The van der Waals surface area contributed by atoms with Gasteiger partial charge in [0, 0.05) is 13.7 Å². The summed E-state index contributed by atoms with van der Waals surface area (Å²) < 4.78 is 10.8. The van der Waals surface area contributed by atoms with E-state index >= 15 is 0 Å². The fourth-order valence-electron chi connectivity index (χ4n) is 2.69. The van der Waals surface area contributed by atoms with Crippen LogP contribution in [0.4, 0.5) is 0 Å². The van der Waals surface area contributed by atoms with Gasteiger partial charge in [0.25, 0.3) is 5.89 Å². The smallest absolute Gasteiger partial charge is 0.260 e. The van der Waals surface area contributed by atoms with Gasteiger partial charge >= 0.3 is 0 Å². The number of aliphatic hydroxyl groups is 1. The molecule has 6 heteroatoms. The Morgan fingerprint density at radius 3 is 2.72 bits per heavy atom. The van der Waals surface area contributed by atoms with Gasteiger partial charge in [0.15, 0.2) is 5.60 Å². The molecule has 1 aromatic heterocycles. The maximum Gasteiger partial charge on any atom is 0.260 e. The van der Waals surface area contributed by atoms with E-state index < -0.39 is 5.60 Å². The second-order valence-electron chi connectivity index (χ2n) is 5.29. The summed E-state index contributed by atoms with van der Waals surface area (Å²) in [5, 5.41) is 17.6. The Morgan fingerprint density at radius 1 is 1.33 bits per heavy atom. The molecular weight excluding hydrogens is 234 g/mol. The Balaban J connectivity index is 1.84. The summed E-state index contributed by atoms with van der Waals surface area (Å²) in [7, 11) is 1.67. The summed E-state index contributed by atoms with van der Waals surface area (Å²) in [6, 6.07) is 0. The fourth-order valence-corrected chi connectivity index (χ4v) is 2.69. The summed E-state index contributed by atoms with van der Waals surface area (Å²) in [5.41, 5.74) is -1.41. The lowest BCUT2D eigenvalue weighted by Gasteiger charge is -2.37.